The van der Waals surface area contributed by atoms with Gasteiger partial charge in [-0.3, -0.25) is 4.79 Å². The smallest absolute Gasteiger partial charge is 0.222 e. The van der Waals surface area contributed by atoms with E-state index in [0.717, 1.165) is 58.7 Å². The first-order valence-corrected chi connectivity index (χ1v) is 9.43. The van der Waals surface area contributed by atoms with Gasteiger partial charge in [0.2, 0.25) is 5.91 Å². The minimum Gasteiger partial charge on any atom is -0.340 e. The summed E-state index contributed by atoms with van der Waals surface area (Å²) in [5, 5.41) is 0. The Morgan fingerprint density at radius 2 is 1.67 bits per heavy atom. The minimum absolute atomic E-state index is 0.380. The Labute approximate surface area is 146 Å². The van der Waals surface area contributed by atoms with E-state index in [9.17, 15) is 4.79 Å². The summed E-state index contributed by atoms with van der Waals surface area (Å²) in [6, 6.07) is 10.7. The highest BCUT2D eigenvalue weighted by molar-refractivity contribution is 5.76. The molecule has 0 N–H and O–H groups in total. The molecule has 132 valence electrons. The van der Waals surface area contributed by atoms with Gasteiger partial charge in [-0.1, -0.05) is 30.3 Å². The Balaban J connectivity index is 1.35. The molecule has 4 heteroatoms. The third kappa shape index (κ3) is 5.05. The van der Waals surface area contributed by atoms with Crippen LogP contribution in [0.3, 0.4) is 0 Å². The van der Waals surface area contributed by atoms with E-state index >= 15 is 0 Å². The van der Waals surface area contributed by atoms with Crippen molar-refractivity contribution in [3.8, 4) is 0 Å². The third-order valence-electron chi connectivity index (χ3n) is 5.59. The zero-order valence-electron chi connectivity index (χ0n) is 15.0. The highest BCUT2D eigenvalue weighted by Crippen LogP contribution is 2.22. The molecular formula is C20H31N3O. The van der Waals surface area contributed by atoms with Gasteiger partial charge in [0.15, 0.2) is 0 Å². The Kier molecular flexibility index (Phi) is 6.27. The summed E-state index contributed by atoms with van der Waals surface area (Å²) < 4.78 is 0. The molecule has 0 radical (unpaired) electrons. The SMILES string of the molecule is CN1CCN(C(=O)CC2CCN(CCc3ccccc3)CC2)CC1. The summed E-state index contributed by atoms with van der Waals surface area (Å²) in [5.74, 6) is 0.968. The molecule has 0 aliphatic carbocycles. The number of hydrogen-bond acceptors (Lipinski definition) is 3. The van der Waals surface area contributed by atoms with Crippen LogP contribution in [0.2, 0.25) is 0 Å². The predicted molar refractivity (Wildman–Crippen MR) is 98.0 cm³/mol. The average Bonchev–Trinajstić information content (AvgIpc) is 2.62. The van der Waals surface area contributed by atoms with E-state index in [1.165, 1.54) is 18.4 Å². The van der Waals surface area contributed by atoms with Gasteiger partial charge < -0.3 is 14.7 Å². The van der Waals surface area contributed by atoms with Crippen molar-refractivity contribution < 1.29 is 4.79 Å². The molecule has 2 aliphatic heterocycles. The molecule has 1 amide bonds. The first-order chi connectivity index (χ1) is 11.7. The van der Waals surface area contributed by atoms with E-state index < -0.39 is 0 Å². The van der Waals surface area contributed by atoms with Gasteiger partial charge in [0.25, 0.3) is 0 Å². The number of carbonyl (C=O) groups excluding carboxylic acids is 1. The van der Waals surface area contributed by atoms with Gasteiger partial charge in [0.1, 0.15) is 0 Å². The quantitative estimate of drug-likeness (QED) is 0.828. The third-order valence-corrected chi connectivity index (χ3v) is 5.59. The lowest BCUT2D eigenvalue weighted by Crippen LogP contribution is -2.47. The van der Waals surface area contributed by atoms with Crippen molar-refractivity contribution in [2.75, 3.05) is 52.9 Å². The highest BCUT2D eigenvalue weighted by Gasteiger charge is 2.25. The Bertz CT molecular complexity index is 503. The van der Waals surface area contributed by atoms with E-state index in [4.69, 9.17) is 0 Å². The van der Waals surface area contributed by atoms with Crippen LogP contribution in [-0.4, -0.2) is 73.5 Å². The molecule has 2 fully saturated rings. The van der Waals surface area contributed by atoms with Gasteiger partial charge in [-0.2, -0.15) is 0 Å². The first kappa shape index (κ1) is 17.4. The largest absolute Gasteiger partial charge is 0.340 e. The predicted octanol–water partition coefficient (Wildman–Crippen LogP) is 2.11. The van der Waals surface area contributed by atoms with Crippen LogP contribution in [0.15, 0.2) is 30.3 Å². The molecule has 1 aromatic carbocycles. The van der Waals surface area contributed by atoms with Crippen molar-refractivity contribution in [2.45, 2.75) is 25.7 Å². The summed E-state index contributed by atoms with van der Waals surface area (Å²) in [6.45, 7) is 7.29. The van der Waals surface area contributed by atoms with E-state index in [1.54, 1.807) is 0 Å². The molecule has 3 rings (SSSR count). The van der Waals surface area contributed by atoms with Crippen LogP contribution < -0.4 is 0 Å². The lowest BCUT2D eigenvalue weighted by Gasteiger charge is -2.35. The van der Waals surface area contributed by atoms with Crippen molar-refractivity contribution in [1.82, 2.24) is 14.7 Å². The van der Waals surface area contributed by atoms with Crippen molar-refractivity contribution in [1.29, 1.82) is 0 Å². The molecule has 2 heterocycles. The number of piperidine rings is 1. The molecular weight excluding hydrogens is 298 g/mol. The second-order valence-electron chi connectivity index (χ2n) is 7.41. The summed E-state index contributed by atoms with van der Waals surface area (Å²) in [4.78, 5) is 19.4. The topological polar surface area (TPSA) is 26.8 Å². The number of amides is 1. The zero-order valence-corrected chi connectivity index (χ0v) is 15.0. The number of nitrogens with zero attached hydrogens (tertiary/aromatic N) is 3. The highest BCUT2D eigenvalue weighted by atomic mass is 16.2. The van der Waals surface area contributed by atoms with Crippen molar-refractivity contribution in [3.63, 3.8) is 0 Å². The fourth-order valence-electron chi connectivity index (χ4n) is 3.78. The van der Waals surface area contributed by atoms with Gasteiger partial charge >= 0.3 is 0 Å². The number of likely N-dealkylation sites (tertiary alicyclic amines) is 1. The van der Waals surface area contributed by atoms with Crippen molar-refractivity contribution >= 4 is 5.91 Å². The second kappa shape index (κ2) is 8.63. The van der Waals surface area contributed by atoms with E-state index in [0.29, 0.717) is 11.8 Å². The number of carbonyl (C=O) groups is 1. The normalized spacial score (nSPS) is 21.1. The molecule has 0 saturated carbocycles. The molecule has 24 heavy (non-hydrogen) atoms. The molecule has 0 bridgehead atoms. The van der Waals surface area contributed by atoms with Crippen LogP contribution in [-0.2, 0) is 11.2 Å². The molecule has 0 unspecified atom stereocenters. The van der Waals surface area contributed by atoms with Crippen LogP contribution >= 0.6 is 0 Å². The van der Waals surface area contributed by atoms with Gasteiger partial charge in [-0.25, -0.2) is 0 Å². The van der Waals surface area contributed by atoms with E-state index in [1.807, 2.05) is 0 Å². The molecule has 2 aliphatic rings. The van der Waals surface area contributed by atoms with Crippen LogP contribution in [0.25, 0.3) is 0 Å². The van der Waals surface area contributed by atoms with Gasteiger partial charge in [0, 0.05) is 39.1 Å². The fraction of sp³-hybridized carbons (Fsp3) is 0.650. The maximum absolute atomic E-state index is 12.5. The first-order valence-electron chi connectivity index (χ1n) is 9.43. The molecule has 0 atom stereocenters. The second-order valence-corrected chi connectivity index (χ2v) is 7.41. The Hall–Kier alpha value is -1.39. The minimum atomic E-state index is 0.380. The standard InChI is InChI=1S/C20H31N3O/c1-21-13-15-23(16-14-21)20(24)17-19-8-11-22(12-9-19)10-7-18-5-3-2-4-6-18/h2-6,19H,7-17H2,1H3. The van der Waals surface area contributed by atoms with Gasteiger partial charge in [-0.15, -0.1) is 0 Å². The molecule has 4 nitrogen and oxygen atoms in total. The van der Waals surface area contributed by atoms with Crippen LogP contribution in [0, 0.1) is 5.92 Å². The summed E-state index contributed by atoms with van der Waals surface area (Å²) in [5.41, 5.74) is 1.42. The Morgan fingerprint density at radius 3 is 2.33 bits per heavy atom. The molecule has 0 aromatic heterocycles. The molecule has 1 aromatic rings. The van der Waals surface area contributed by atoms with Gasteiger partial charge in [-0.05, 0) is 50.9 Å². The van der Waals surface area contributed by atoms with Gasteiger partial charge in [0.05, 0.1) is 0 Å². The Morgan fingerprint density at radius 1 is 1.00 bits per heavy atom. The maximum atomic E-state index is 12.5. The number of piperazine rings is 1. The number of hydrogen-bond donors (Lipinski definition) is 0. The molecule has 2 saturated heterocycles. The van der Waals surface area contributed by atoms with Crippen LogP contribution in [0.1, 0.15) is 24.8 Å². The number of rotatable bonds is 5. The van der Waals surface area contributed by atoms with Crippen LogP contribution in [0.4, 0.5) is 0 Å². The summed E-state index contributed by atoms with van der Waals surface area (Å²) in [6.07, 6.45) is 4.24. The van der Waals surface area contributed by atoms with Crippen molar-refractivity contribution in [3.05, 3.63) is 35.9 Å². The zero-order chi connectivity index (χ0) is 16.8. The summed E-state index contributed by atoms with van der Waals surface area (Å²) >= 11 is 0. The summed E-state index contributed by atoms with van der Waals surface area (Å²) in [7, 11) is 2.13. The van der Waals surface area contributed by atoms with Crippen molar-refractivity contribution in [2.24, 2.45) is 5.92 Å². The molecule has 0 spiro atoms. The average molecular weight is 329 g/mol. The number of benzene rings is 1. The monoisotopic (exact) mass is 329 g/mol. The van der Waals surface area contributed by atoms with E-state index in [-0.39, 0.29) is 0 Å². The maximum Gasteiger partial charge on any atom is 0.222 e. The lowest BCUT2D eigenvalue weighted by atomic mass is 9.92. The fourth-order valence-corrected chi connectivity index (χ4v) is 3.78. The number of likely N-dealkylation sites (N-methyl/N-ethyl adjacent to an activating group) is 1. The van der Waals surface area contributed by atoms with E-state index in [2.05, 4.69) is 52.1 Å². The van der Waals surface area contributed by atoms with Crippen LogP contribution in [0.5, 0.6) is 0 Å². The lowest BCUT2D eigenvalue weighted by molar-refractivity contribution is -0.134.